The predicted octanol–water partition coefficient (Wildman–Crippen LogP) is 3.57. The van der Waals surface area contributed by atoms with Crippen LogP contribution in [0.5, 0.6) is 0 Å². The summed E-state index contributed by atoms with van der Waals surface area (Å²) in [5, 5.41) is 9.96. The number of hydrogen-bond acceptors (Lipinski definition) is 6. The fourth-order valence-corrected chi connectivity index (χ4v) is 3.36. The van der Waals surface area contributed by atoms with Crippen molar-refractivity contribution in [1.82, 2.24) is 14.8 Å². The van der Waals surface area contributed by atoms with Crippen LogP contribution in [-0.4, -0.2) is 20.7 Å². The lowest BCUT2D eigenvalue weighted by Gasteiger charge is -2.10. The van der Waals surface area contributed by atoms with Crippen LogP contribution in [0.4, 0.5) is 5.69 Å². The molecule has 4 aromatic rings. The minimum absolute atomic E-state index is 0.211. The average molecular weight is 392 g/mol. The molecule has 4 rings (SSSR count). The summed E-state index contributed by atoms with van der Waals surface area (Å²) in [5.41, 5.74) is 2.37. The number of carbonyl (C=O) groups is 1. The maximum absolute atomic E-state index is 12.6. The molecule has 0 saturated heterocycles. The number of nitrogens with one attached hydrogen (secondary N) is 1. The van der Waals surface area contributed by atoms with Gasteiger partial charge in [-0.05, 0) is 31.2 Å². The molecule has 0 unspecified atom stereocenters. The molecule has 0 bridgehead atoms. The third kappa shape index (κ3) is 3.77. The third-order valence-electron chi connectivity index (χ3n) is 4.03. The second kappa shape index (κ2) is 7.61. The molecular formula is C20H16N4O3S. The summed E-state index contributed by atoms with van der Waals surface area (Å²) in [7, 11) is 0. The Bertz CT molecular complexity index is 1180. The van der Waals surface area contributed by atoms with Crippen LogP contribution < -0.4 is 10.9 Å². The molecule has 0 aliphatic rings. The van der Waals surface area contributed by atoms with E-state index in [1.165, 1.54) is 12.3 Å². The molecule has 1 N–H and O–H groups in total. The number of carbonyl (C=O) groups excluding carboxylic acids is 1. The van der Waals surface area contributed by atoms with Crippen molar-refractivity contribution in [2.75, 3.05) is 5.32 Å². The molecule has 0 saturated carbocycles. The van der Waals surface area contributed by atoms with Crippen molar-refractivity contribution in [1.29, 1.82) is 0 Å². The van der Waals surface area contributed by atoms with Crippen LogP contribution in [0.25, 0.3) is 22.7 Å². The molecule has 140 valence electrons. The number of amides is 1. The van der Waals surface area contributed by atoms with Crippen LogP contribution in [0.15, 0.2) is 69.4 Å². The predicted molar refractivity (Wildman–Crippen MR) is 107 cm³/mol. The van der Waals surface area contributed by atoms with Gasteiger partial charge in [0.25, 0.3) is 5.56 Å². The van der Waals surface area contributed by atoms with E-state index in [9.17, 15) is 9.59 Å². The molecular weight excluding hydrogens is 376 g/mol. The Morgan fingerprint density at radius 3 is 2.75 bits per heavy atom. The molecule has 3 heterocycles. The second-order valence-electron chi connectivity index (χ2n) is 6.04. The zero-order chi connectivity index (χ0) is 19.5. The van der Waals surface area contributed by atoms with Crippen molar-refractivity contribution in [2.45, 2.75) is 13.5 Å². The normalized spacial score (nSPS) is 10.8. The lowest BCUT2D eigenvalue weighted by molar-refractivity contribution is -0.117. The molecule has 0 aliphatic carbocycles. The minimum atomic E-state index is -0.367. The van der Waals surface area contributed by atoms with Crippen molar-refractivity contribution in [2.24, 2.45) is 0 Å². The minimum Gasteiger partial charge on any atom is -0.463 e. The van der Waals surface area contributed by atoms with Gasteiger partial charge in [-0.25, -0.2) is 9.67 Å². The Kier molecular flexibility index (Phi) is 4.86. The van der Waals surface area contributed by atoms with Gasteiger partial charge in [-0.2, -0.15) is 5.10 Å². The SMILES string of the molecule is Cc1nc(-c2ccccc2NC(=O)Cn2nc(-c3ccco3)ccc2=O)cs1. The Hall–Kier alpha value is -3.52. The smallest absolute Gasteiger partial charge is 0.267 e. The van der Waals surface area contributed by atoms with E-state index in [1.807, 2.05) is 30.5 Å². The Balaban J connectivity index is 1.56. The van der Waals surface area contributed by atoms with Gasteiger partial charge in [-0.3, -0.25) is 9.59 Å². The summed E-state index contributed by atoms with van der Waals surface area (Å²) in [6.07, 6.45) is 1.52. The highest BCUT2D eigenvalue weighted by Crippen LogP contribution is 2.28. The van der Waals surface area contributed by atoms with Gasteiger partial charge in [-0.15, -0.1) is 11.3 Å². The summed E-state index contributed by atoms with van der Waals surface area (Å²) in [5.74, 6) is 0.170. The number of anilines is 1. The fourth-order valence-electron chi connectivity index (χ4n) is 2.75. The number of hydrogen-bond donors (Lipinski definition) is 1. The van der Waals surface area contributed by atoms with Gasteiger partial charge < -0.3 is 9.73 Å². The lowest BCUT2D eigenvalue weighted by Crippen LogP contribution is -2.29. The summed E-state index contributed by atoms with van der Waals surface area (Å²) < 4.78 is 6.41. The topological polar surface area (TPSA) is 90.0 Å². The van der Waals surface area contributed by atoms with Gasteiger partial charge in [-0.1, -0.05) is 18.2 Å². The van der Waals surface area contributed by atoms with Gasteiger partial charge in [0, 0.05) is 17.0 Å². The molecule has 1 amide bonds. The first-order chi connectivity index (χ1) is 13.6. The highest BCUT2D eigenvalue weighted by atomic mass is 32.1. The number of thiazole rings is 1. The van der Waals surface area contributed by atoms with Crippen molar-refractivity contribution < 1.29 is 9.21 Å². The number of benzene rings is 1. The van der Waals surface area contributed by atoms with E-state index in [2.05, 4.69) is 15.4 Å². The van der Waals surface area contributed by atoms with Crippen LogP contribution in [0.3, 0.4) is 0 Å². The van der Waals surface area contributed by atoms with Crippen LogP contribution in [-0.2, 0) is 11.3 Å². The van der Waals surface area contributed by atoms with Crippen LogP contribution in [0.2, 0.25) is 0 Å². The van der Waals surface area contributed by atoms with Crippen LogP contribution >= 0.6 is 11.3 Å². The van der Waals surface area contributed by atoms with E-state index >= 15 is 0 Å². The Morgan fingerprint density at radius 1 is 1.14 bits per heavy atom. The molecule has 0 spiro atoms. The number of nitrogens with zero attached hydrogens (tertiary/aromatic N) is 3. The van der Waals surface area contributed by atoms with Gasteiger partial charge in [0.2, 0.25) is 5.91 Å². The van der Waals surface area contributed by atoms with Gasteiger partial charge in [0.15, 0.2) is 5.76 Å². The molecule has 0 fully saturated rings. The highest BCUT2D eigenvalue weighted by molar-refractivity contribution is 7.09. The monoisotopic (exact) mass is 392 g/mol. The van der Waals surface area contributed by atoms with Crippen molar-refractivity contribution in [3.8, 4) is 22.7 Å². The Labute approximate surface area is 164 Å². The van der Waals surface area contributed by atoms with Crippen LogP contribution in [0, 0.1) is 6.92 Å². The first-order valence-electron chi connectivity index (χ1n) is 8.53. The molecule has 1 aromatic carbocycles. The summed E-state index contributed by atoms with van der Waals surface area (Å²) in [6.45, 7) is 1.72. The number of aryl methyl sites for hydroxylation is 1. The molecule has 0 aliphatic heterocycles. The maximum Gasteiger partial charge on any atom is 0.267 e. The Morgan fingerprint density at radius 2 is 2.00 bits per heavy atom. The first kappa shape index (κ1) is 17.9. The van der Waals surface area contributed by atoms with Gasteiger partial charge in [0.05, 0.1) is 22.7 Å². The van der Waals surface area contributed by atoms with Gasteiger partial charge >= 0.3 is 0 Å². The van der Waals surface area contributed by atoms with E-state index in [-0.39, 0.29) is 18.0 Å². The highest BCUT2D eigenvalue weighted by Gasteiger charge is 2.13. The second-order valence-corrected chi connectivity index (χ2v) is 7.10. The van der Waals surface area contributed by atoms with E-state index in [0.717, 1.165) is 20.9 Å². The number of furan rings is 1. The summed E-state index contributed by atoms with van der Waals surface area (Å²) in [6, 6.07) is 13.8. The van der Waals surface area contributed by atoms with E-state index in [1.54, 1.807) is 35.6 Å². The summed E-state index contributed by atoms with van der Waals surface area (Å²) in [4.78, 5) is 29.1. The van der Waals surface area contributed by atoms with Crippen molar-refractivity contribution in [3.63, 3.8) is 0 Å². The molecule has 3 aromatic heterocycles. The molecule has 8 heteroatoms. The molecule has 0 radical (unpaired) electrons. The molecule has 28 heavy (non-hydrogen) atoms. The number of aromatic nitrogens is 3. The van der Waals surface area contributed by atoms with E-state index < -0.39 is 0 Å². The zero-order valence-electron chi connectivity index (χ0n) is 15.0. The molecule has 0 atom stereocenters. The van der Waals surface area contributed by atoms with E-state index in [0.29, 0.717) is 17.1 Å². The zero-order valence-corrected chi connectivity index (χ0v) is 15.8. The maximum atomic E-state index is 12.6. The quantitative estimate of drug-likeness (QED) is 0.561. The van der Waals surface area contributed by atoms with Crippen LogP contribution in [0.1, 0.15) is 5.01 Å². The standard InChI is InChI=1S/C20H16N4O3S/c1-13-21-17(12-28-13)14-5-2-3-6-15(14)22-19(25)11-24-20(26)9-8-16(23-24)18-7-4-10-27-18/h2-10,12H,11H2,1H3,(H,22,25). The molecule has 7 nitrogen and oxygen atoms in total. The third-order valence-corrected chi connectivity index (χ3v) is 4.80. The van der Waals surface area contributed by atoms with Gasteiger partial charge in [0.1, 0.15) is 12.2 Å². The number of para-hydroxylation sites is 1. The first-order valence-corrected chi connectivity index (χ1v) is 9.41. The summed E-state index contributed by atoms with van der Waals surface area (Å²) >= 11 is 1.54. The largest absolute Gasteiger partial charge is 0.463 e. The van der Waals surface area contributed by atoms with Crippen molar-refractivity contribution >= 4 is 22.9 Å². The van der Waals surface area contributed by atoms with E-state index in [4.69, 9.17) is 4.42 Å². The fraction of sp³-hybridized carbons (Fsp3) is 0.100. The lowest BCUT2D eigenvalue weighted by atomic mass is 10.1. The number of rotatable bonds is 5. The van der Waals surface area contributed by atoms with Crippen molar-refractivity contribution in [3.05, 3.63) is 75.5 Å². The average Bonchev–Trinajstić information content (AvgIpc) is 3.36.